The standard InChI is InChI=1S/C10H13BrN2/c11-8-2-1-7-3-4-13-10(6-12)9(7)5-8/h1-2,5,10,13H,3-4,6,12H2. The third kappa shape index (κ3) is 1.77. The van der Waals surface area contributed by atoms with E-state index in [9.17, 15) is 0 Å². The maximum atomic E-state index is 5.69. The summed E-state index contributed by atoms with van der Waals surface area (Å²) in [5.74, 6) is 0. The molecule has 1 aromatic rings. The molecule has 0 saturated carbocycles. The highest BCUT2D eigenvalue weighted by molar-refractivity contribution is 9.10. The molecule has 2 nitrogen and oxygen atoms in total. The summed E-state index contributed by atoms with van der Waals surface area (Å²) >= 11 is 3.48. The van der Waals surface area contributed by atoms with Crippen LogP contribution in [0.25, 0.3) is 0 Å². The largest absolute Gasteiger partial charge is 0.329 e. The van der Waals surface area contributed by atoms with Gasteiger partial charge in [0.2, 0.25) is 0 Å². The average Bonchev–Trinajstić information content (AvgIpc) is 2.17. The zero-order chi connectivity index (χ0) is 9.26. The molecule has 0 bridgehead atoms. The van der Waals surface area contributed by atoms with E-state index in [1.807, 2.05) is 0 Å². The Balaban J connectivity index is 2.41. The first-order chi connectivity index (χ1) is 6.31. The van der Waals surface area contributed by atoms with Crippen molar-refractivity contribution in [3.8, 4) is 0 Å². The average molecular weight is 241 g/mol. The molecule has 0 fully saturated rings. The summed E-state index contributed by atoms with van der Waals surface area (Å²) in [4.78, 5) is 0. The number of halogens is 1. The number of benzene rings is 1. The second-order valence-corrected chi connectivity index (χ2v) is 4.25. The fourth-order valence-corrected chi connectivity index (χ4v) is 2.20. The molecule has 3 heteroatoms. The number of nitrogens with one attached hydrogen (secondary N) is 1. The molecule has 0 aromatic heterocycles. The SMILES string of the molecule is NCC1NCCc2ccc(Br)cc21. The first-order valence-corrected chi connectivity index (χ1v) is 5.32. The Morgan fingerprint density at radius 1 is 1.54 bits per heavy atom. The van der Waals surface area contributed by atoms with Gasteiger partial charge >= 0.3 is 0 Å². The van der Waals surface area contributed by atoms with Crippen LogP contribution in [0.5, 0.6) is 0 Å². The predicted octanol–water partition coefficient (Wildman–Crippen LogP) is 1.59. The van der Waals surface area contributed by atoms with Gasteiger partial charge in [-0.1, -0.05) is 22.0 Å². The quantitative estimate of drug-likeness (QED) is 0.783. The van der Waals surface area contributed by atoms with Gasteiger partial charge in [0.1, 0.15) is 0 Å². The Morgan fingerprint density at radius 2 is 2.38 bits per heavy atom. The van der Waals surface area contributed by atoms with Crippen LogP contribution in [0, 0.1) is 0 Å². The lowest BCUT2D eigenvalue weighted by Gasteiger charge is -2.25. The van der Waals surface area contributed by atoms with E-state index in [1.165, 1.54) is 11.1 Å². The van der Waals surface area contributed by atoms with Crippen molar-refractivity contribution in [3.63, 3.8) is 0 Å². The number of hydrogen-bond acceptors (Lipinski definition) is 2. The van der Waals surface area contributed by atoms with Crippen molar-refractivity contribution in [1.82, 2.24) is 5.32 Å². The van der Waals surface area contributed by atoms with E-state index in [2.05, 4.69) is 39.4 Å². The van der Waals surface area contributed by atoms with Crippen LogP contribution in [0.4, 0.5) is 0 Å². The molecule has 0 spiro atoms. The Morgan fingerprint density at radius 3 is 3.15 bits per heavy atom. The smallest absolute Gasteiger partial charge is 0.0447 e. The van der Waals surface area contributed by atoms with Crippen molar-refractivity contribution in [2.45, 2.75) is 12.5 Å². The van der Waals surface area contributed by atoms with Crippen molar-refractivity contribution in [2.75, 3.05) is 13.1 Å². The summed E-state index contributed by atoms with van der Waals surface area (Å²) in [7, 11) is 0. The number of fused-ring (bicyclic) bond motifs is 1. The van der Waals surface area contributed by atoms with Gasteiger partial charge in [-0.15, -0.1) is 0 Å². The molecule has 2 rings (SSSR count). The van der Waals surface area contributed by atoms with Crippen LogP contribution in [-0.2, 0) is 6.42 Å². The van der Waals surface area contributed by atoms with Gasteiger partial charge < -0.3 is 11.1 Å². The van der Waals surface area contributed by atoms with Gasteiger partial charge in [0.15, 0.2) is 0 Å². The minimum atomic E-state index is 0.334. The minimum Gasteiger partial charge on any atom is -0.329 e. The minimum absolute atomic E-state index is 0.334. The van der Waals surface area contributed by atoms with Crippen LogP contribution in [-0.4, -0.2) is 13.1 Å². The summed E-state index contributed by atoms with van der Waals surface area (Å²) < 4.78 is 1.13. The molecular formula is C10H13BrN2. The molecule has 1 aliphatic rings. The van der Waals surface area contributed by atoms with Crippen molar-refractivity contribution in [3.05, 3.63) is 33.8 Å². The number of nitrogens with two attached hydrogens (primary N) is 1. The van der Waals surface area contributed by atoms with Crippen LogP contribution in [0.3, 0.4) is 0 Å². The third-order valence-corrected chi connectivity index (χ3v) is 3.00. The second-order valence-electron chi connectivity index (χ2n) is 3.34. The van der Waals surface area contributed by atoms with Gasteiger partial charge in [0, 0.05) is 17.1 Å². The van der Waals surface area contributed by atoms with Crippen LogP contribution in [0.2, 0.25) is 0 Å². The molecule has 1 atom stereocenters. The highest BCUT2D eigenvalue weighted by Crippen LogP contribution is 2.25. The molecule has 1 unspecified atom stereocenters. The molecule has 0 amide bonds. The van der Waals surface area contributed by atoms with Gasteiger partial charge in [-0.2, -0.15) is 0 Å². The molecule has 3 N–H and O–H groups in total. The molecule has 0 aliphatic carbocycles. The van der Waals surface area contributed by atoms with Gasteiger partial charge in [-0.05, 0) is 36.2 Å². The Kier molecular flexibility index (Phi) is 2.67. The Labute approximate surface area is 86.6 Å². The van der Waals surface area contributed by atoms with Crippen molar-refractivity contribution in [2.24, 2.45) is 5.73 Å². The molecule has 13 heavy (non-hydrogen) atoms. The van der Waals surface area contributed by atoms with E-state index < -0.39 is 0 Å². The lowest BCUT2D eigenvalue weighted by Crippen LogP contribution is -2.34. The number of rotatable bonds is 1. The van der Waals surface area contributed by atoms with Crippen LogP contribution in [0.1, 0.15) is 17.2 Å². The van der Waals surface area contributed by atoms with Gasteiger partial charge in [0.05, 0.1) is 0 Å². The van der Waals surface area contributed by atoms with Gasteiger partial charge in [-0.25, -0.2) is 0 Å². The molecule has 1 heterocycles. The second kappa shape index (κ2) is 3.78. The Bertz CT molecular complexity index is 312. The molecule has 0 radical (unpaired) electrons. The summed E-state index contributed by atoms with van der Waals surface area (Å²) in [5.41, 5.74) is 8.47. The van der Waals surface area contributed by atoms with Crippen molar-refractivity contribution >= 4 is 15.9 Å². The van der Waals surface area contributed by atoms with E-state index >= 15 is 0 Å². The zero-order valence-corrected chi connectivity index (χ0v) is 8.97. The highest BCUT2D eigenvalue weighted by Gasteiger charge is 2.17. The fourth-order valence-electron chi connectivity index (χ4n) is 1.82. The topological polar surface area (TPSA) is 38.0 Å². The predicted molar refractivity (Wildman–Crippen MR) is 57.6 cm³/mol. The van der Waals surface area contributed by atoms with E-state index in [4.69, 9.17) is 5.73 Å². The fraction of sp³-hybridized carbons (Fsp3) is 0.400. The van der Waals surface area contributed by atoms with Crippen molar-refractivity contribution in [1.29, 1.82) is 0 Å². The van der Waals surface area contributed by atoms with Crippen LogP contribution in [0.15, 0.2) is 22.7 Å². The molecule has 70 valence electrons. The van der Waals surface area contributed by atoms with Gasteiger partial charge in [-0.3, -0.25) is 0 Å². The van der Waals surface area contributed by atoms with Crippen molar-refractivity contribution < 1.29 is 0 Å². The summed E-state index contributed by atoms with van der Waals surface area (Å²) in [5, 5.41) is 3.41. The zero-order valence-electron chi connectivity index (χ0n) is 7.39. The summed E-state index contributed by atoms with van der Waals surface area (Å²) in [6, 6.07) is 6.78. The number of hydrogen-bond donors (Lipinski definition) is 2. The van der Waals surface area contributed by atoms with E-state index in [0.29, 0.717) is 12.6 Å². The maximum absolute atomic E-state index is 5.69. The lowest BCUT2D eigenvalue weighted by atomic mass is 9.94. The Hall–Kier alpha value is -0.380. The first-order valence-electron chi connectivity index (χ1n) is 4.53. The van der Waals surface area contributed by atoms with Crippen LogP contribution >= 0.6 is 15.9 Å². The monoisotopic (exact) mass is 240 g/mol. The molecule has 1 aliphatic heterocycles. The van der Waals surface area contributed by atoms with E-state index in [0.717, 1.165) is 17.4 Å². The maximum Gasteiger partial charge on any atom is 0.0447 e. The van der Waals surface area contributed by atoms with E-state index in [1.54, 1.807) is 0 Å². The first kappa shape index (κ1) is 9.19. The third-order valence-electron chi connectivity index (χ3n) is 2.50. The summed E-state index contributed by atoms with van der Waals surface area (Å²) in [6.45, 7) is 1.71. The lowest BCUT2D eigenvalue weighted by molar-refractivity contribution is 0.513. The summed E-state index contributed by atoms with van der Waals surface area (Å²) in [6.07, 6.45) is 1.11. The molecule has 1 aromatic carbocycles. The van der Waals surface area contributed by atoms with Gasteiger partial charge in [0.25, 0.3) is 0 Å². The molecular weight excluding hydrogens is 228 g/mol. The van der Waals surface area contributed by atoms with Crippen LogP contribution < -0.4 is 11.1 Å². The van der Waals surface area contributed by atoms with E-state index in [-0.39, 0.29) is 0 Å². The normalized spacial score (nSPS) is 21.2. The molecule has 0 saturated heterocycles. The highest BCUT2D eigenvalue weighted by atomic mass is 79.9.